The maximum absolute atomic E-state index is 14.0. The minimum Gasteiger partial charge on any atom is -0.493 e. The maximum Gasteiger partial charge on any atom is 0.255 e. The molecular weight excluding hydrogens is 650 g/mol. The highest BCUT2D eigenvalue weighted by Crippen LogP contribution is 2.55. The van der Waals surface area contributed by atoms with Crippen molar-refractivity contribution in [2.75, 3.05) is 20.7 Å². The molecular formula is C42H38F2N2O5. The van der Waals surface area contributed by atoms with E-state index < -0.39 is 5.60 Å². The first-order chi connectivity index (χ1) is 24.7. The third-order valence-electron chi connectivity index (χ3n) is 11.1. The second-order valence-corrected chi connectivity index (χ2v) is 14.5. The Balaban J connectivity index is 1.22. The van der Waals surface area contributed by atoms with Crippen LogP contribution in [0.5, 0.6) is 11.5 Å². The van der Waals surface area contributed by atoms with Gasteiger partial charge in [0.15, 0.2) is 0 Å². The quantitative estimate of drug-likeness (QED) is 0.188. The third-order valence-corrected chi connectivity index (χ3v) is 11.1. The highest BCUT2D eigenvalue weighted by molar-refractivity contribution is 6.12. The van der Waals surface area contributed by atoms with Gasteiger partial charge in [-0.15, -0.1) is 0 Å². The molecule has 0 radical (unpaired) electrons. The van der Waals surface area contributed by atoms with Crippen LogP contribution in [-0.2, 0) is 12.8 Å². The Morgan fingerprint density at radius 1 is 0.725 bits per heavy atom. The number of hydrogen-bond donors (Lipinski definition) is 2. The van der Waals surface area contributed by atoms with Crippen molar-refractivity contribution in [3.05, 3.63) is 107 Å². The second-order valence-electron chi connectivity index (χ2n) is 14.5. The molecule has 51 heavy (non-hydrogen) atoms. The van der Waals surface area contributed by atoms with Crippen LogP contribution in [0.4, 0.5) is 8.78 Å². The third kappa shape index (κ3) is 5.37. The van der Waals surface area contributed by atoms with Crippen LogP contribution in [0, 0.1) is 17.0 Å². The largest absolute Gasteiger partial charge is 0.493 e. The lowest BCUT2D eigenvalue weighted by atomic mass is 9.91. The summed E-state index contributed by atoms with van der Waals surface area (Å²) in [6, 6.07) is 20.2. The van der Waals surface area contributed by atoms with Gasteiger partial charge in [-0.3, -0.25) is 4.79 Å². The van der Waals surface area contributed by atoms with Gasteiger partial charge in [0, 0.05) is 63.5 Å². The van der Waals surface area contributed by atoms with Gasteiger partial charge < -0.3 is 28.9 Å². The number of ether oxygens (including phenoxy) is 2. The predicted molar refractivity (Wildman–Crippen MR) is 191 cm³/mol. The molecule has 260 valence electrons. The van der Waals surface area contributed by atoms with E-state index in [9.17, 15) is 13.6 Å². The van der Waals surface area contributed by atoms with Crippen molar-refractivity contribution in [2.45, 2.75) is 57.1 Å². The molecule has 1 atom stereocenters. The Morgan fingerprint density at radius 3 is 1.92 bits per heavy atom. The molecule has 1 unspecified atom stereocenters. The highest BCUT2D eigenvalue weighted by Gasteiger charge is 2.50. The molecule has 1 amide bonds. The van der Waals surface area contributed by atoms with Gasteiger partial charge in [0.1, 0.15) is 51.4 Å². The second kappa shape index (κ2) is 11.7. The lowest BCUT2D eigenvalue weighted by molar-refractivity contribution is 0.0964. The SMILES string of the molecule is CNC(=O)c1c(-c2ccc(F)cc2)oc2ccc3c(c12)CC1(CC1)COc1ccc2oc(-c4ccc(F)cc4)c(C(C)NC)c2c1CC1(CC1)O3. The summed E-state index contributed by atoms with van der Waals surface area (Å²) in [5.41, 5.74) is 5.45. The Morgan fingerprint density at radius 2 is 1.31 bits per heavy atom. The summed E-state index contributed by atoms with van der Waals surface area (Å²) in [7, 11) is 3.52. The summed E-state index contributed by atoms with van der Waals surface area (Å²) in [5.74, 6) is 1.69. The van der Waals surface area contributed by atoms with Gasteiger partial charge in [-0.05, 0) is 119 Å². The summed E-state index contributed by atoms with van der Waals surface area (Å²) >= 11 is 0. The van der Waals surface area contributed by atoms with Crippen LogP contribution in [0.2, 0.25) is 0 Å². The van der Waals surface area contributed by atoms with Gasteiger partial charge in [0.2, 0.25) is 0 Å². The lowest BCUT2D eigenvalue weighted by Gasteiger charge is -2.22. The van der Waals surface area contributed by atoms with E-state index in [0.29, 0.717) is 47.7 Å². The minimum atomic E-state index is -0.500. The molecule has 2 fully saturated rings. The Labute approximate surface area is 293 Å². The van der Waals surface area contributed by atoms with E-state index in [1.807, 2.05) is 31.3 Å². The van der Waals surface area contributed by atoms with E-state index in [1.54, 1.807) is 31.3 Å². The zero-order valence-electron chi connectivity index (χ0n) is 28.8. The number of hydrogen-bond acceptors (Lipinski definition) is 6. The average molecular weight is 689 g/mol. The fourth-order valence-corrected chi connectivity index (χ4v) is 7.77. The minimum absolute atomic E-state index is 0.0737. The molecule has 9 rings (SSSR count). The molecule has 0 saturated heterocycles. The molecule has 3 aliphatic rings. The fourth-order valence-electron chi connectivity index (χ4n) is 7.77. The topological polar surface area (TPSA) is 85.9 Å². The summed E-state index contributed by atoms with van der Waals surface area (Å²) in [4.78, 5) is 13.6. The first-order valence-electron chi connectivity index (χ1n) is 17.6. The van der Waals surface area contributed by atoms with E-state index in [2.05, 4.69) is 17.6 Å². The summed E-state index contributed by atoms with van der Waals surface area (Å²) < 4.78 is 54.8. The van der Waals surface area contributed by atoms with Crippen LogP contribution in [0.15, 0.2) is 81.6 Å². The van der Waals surface area contributed by atoms with Crippen LogP contribution in [-0.4, -0.2) is 32.2 Å². The smallest absolute Gasteiger partial charge is 0.255 e. The molecule has 1 aliphatic heterocycles. The number of furan rings is 2. The first kappa shape index (κ1) is 31.8. The van der Waals surface area contributed by atoms with Crippen molar-refractivity contribution in [3.8, 4) is 34.1 Å². The normalized spacial score (nSPS) is 17.7. The van der Waals surface area contributed by atoms with E-state index in [1.165, 1.54) is 24.3 Å². The zero-order chi connectivity index (χ0) is 35.1. The maximum atomic E-state index is 14.0. The number of amides is 1. The molecule has 2 aromatic heterocycles. The number of benzene rings is 4. The van der Waals surface area contributed by atoms with Crippen LogP contribution in [0.1, 0.15) is 65.7 Å². The molecule has 0 bridgehead atoms. The fraction of sp³-hybridized carbons (Fsp3) is 0.310. The van der Waals surface area contributed by atoms with Gasteiger partial charge in [0.05, 0.1) is 12.2 Å². The number of rotatable bonds is 5. The monoisotopic (exact) mass is 688 g/mol. The van der Waals surface area contributed by atoms with Crippen molar-refractivity contribution in [1.29, 1.82) is 0 Å². The van der Waals surface area contributed by atoms with Gasteiger partial charge in [-0.1, -0.05) is 0 Å². The summed E-state index contributed by atoms with van der Waals surface area (Å²) in [5, 5.41) is 7.92. The molecule has 2 aliphatic carbocycles. The van der Waals surface area contributed by atoms with Gasteiger partial charge in [-0.25, -0.2) is 8.78 Å². The van der Waals surface area contributed by atoms with Gasteiger partial charge in [-0.2, -0.15) is 0 Å². The molecule has 4 aromatic carbocycles. The van der Waals surface area contributed by atoms with Crippen LogP contribution >= 0.6 is 0 Å². The number of nitrogens with one attached hydrogen (secondary N) is 2. The molecule has 9 heteroatoms. The van der Waals surface area contributed by atoms with Crippen molar-refractivity contribution in [2.24, 2.45) is 5.41 Å². The van der Waals surface area contributed by atoms with Crippen molar-refractivity contribution < 1.29 is 31.9 Å². The lowest BCUT2D eigenvalue weighted by Crippen LogP contribution is -2.23. The Bertz CT molecular complexity index is 2330. The number of fused-ring (bicyclic) bond motifs is 6. The van der Waals surface area contributed by atoms with Crippen molar-refractivity contribution in [3.63, 3.8) is 0 Å². The standard InChI is InChI=1S/C42H38F2N2O5/c1-23(45-2)34-35-29-21-42(18-19-42)51-31-13-15-33-36(37(40(47)46-3)39(50-33)25-6-10-27(44)11-7-25)28(31)20-41(16-17-41)22-48-30(29)12-14-32(35)49-38(34)24-4-8-26(43)9-5-24/h4-15,23,45H,16-22H2,1-3H3,(H,46,47). The van der Waals surface area contributed by atoms with Crippen molar-refractivity contribution >= 4 is 27.8 Å². The molecule has 2 spiro atoms. The Kier molecular flexibility index (Phi) is 7.30. The van der Waals surface area contributed by atoms with E-state index >= 15 is 0 Å². The summed E-state index contributed by atoms with van der Waals surface area (Å²) in [6.45, 7) is 2.59. The molecule has 2 N–H and O–H groups in total. The van der Waals surface area contributed by atoms with Gasteiger partial charge in [0.25, 0.3) is 5.91 Å². The van der Waals surface area contributed by atoms with E-state index in [-0.39, 0.29) is 29.0 Å². The summed E-state index contributed by atoms with van der Waals surface area (Å²) in [6.07, 6.45) is 4.85. The number of carbonyl (C=O) groups is 1. The van der Waals surface area contributed by atoms with E-state index in [4.69, 9.17) is 18.3 Å². The number of carbonyl (C=O) groups excluding carboxylic acids is 1. The molecule has 2 saturated carbocycles. The number of halogens is 2. The molecule has 3 heterocycles. The van der Waals surface area contributed by atoms with Crippen LogP contribution in [0.25, 0.3) is 44.6 Å². The van der Waals surface area contributed by atoms with E-state index in [0.717, 1.165) is 75.8 Å². The highest BCUT2D eigenvalue weighted by atomic mass is 19.1. The van der Waals surface area contributed by atoms with Gasteiger partial charge >= 0.3 is 0 Å². The predicted octanol–water partition coefficient (Wildman–Crippen LogP) is 9.30. The zero-order valence-corrected chi connectivity index (χ0v) is 28.8. The average Bonchev–Trinajstić information content (AvgIpc) is 4.01. The van der Waals surface area contributed by atoms with Crippen LogP contribution < -0.4 is 20.1 Å². The molecule has 6 aromatic rings. The Hall–Kier alpha value is -5.15. The van der Waals surface area contributed by atoms with Crippen LogP contribution in [0.3, 0.4) is 0 Å². The first-order valence-corrected chi connectivity index (χ1v) is 17.6. The molecule has 7 nitrogen and oxygen atoms in total. The van der Waals surface area contributed by atoms with Crippen molar-refractivity contribution in [1.82, 2.24) is 10.6 Å².